The first-order chi connectivity index (χ1) is 11.7. The van der Waals surface area contributed by atoms with Gasteiger partial charge < -0.3 is 5.32 Å². The van der Waals surface area contributed by atoms with Crippen molar-refractivity contribution in [3.63, 3.8) is 0 Å². The Morgan fingerprint density at radius 2 is 1.72 bits per heavy atom. The highest BCUT2D eigenvalue weighted by atomic mass is 32.2. The van der Waals surface area contributed by atoms with Crippen LogP contribution in [-0.4, -0.2) is 20.1 Å². The van der Waals surface area contributed by atoms with Crippen LogP contribution in [0.4, 0.5) is 11.4 Å². The first kappa shape index (κ1) is 19.0. The molecule has 5 nitrogen and oxygen atoms in total. The van der Waals surface area contributed by atoms with E-state index in [1.165, 1.54) is 0 Å². The zero-order chi connectivity index (χ0) is 18.6. The van der Waals surface area contributed by atoms with E-state index in [0.717, 1.165) is 16.8 Å². The quantitative estimate of drug-likeness (QED) is 0.813. The Morgan fingerprint density at radius 1 is 1.08 bits per heavy atom. The van der Waals surface area contributed by atoms with E-state index >= 15 is 0 Å². The molecule has 0 saturated heterocycles. The maximum Gasteiger partial charge on any atom is 0.255 e. The van der Waals surface area contributed by atoms with Gasteiger partial charge in [-0.25, -0.2) is 8.42 Å². The number of carbonyl (C=O) groups excluding carboxylic acids is 1. The maximum absolute atomic E-state index is 12.5. The number of hydrogen-bond acceptors (Lipinski definition) is 3. The fraction of sp³-hybridized carbons (Fsp3) is 0.316. The molecule has 134 valence electrons. The molecule has 2 aromatic carbocycles. The molecule has 0 saturated carbocycles. The topological polar surface area (TPSA) is 75.3 Å². The Labute approximate surface area is 149 Å². The Kier molecular flexibility index (Phi) is 5.85. The van der Waals surface area contributed by atoms with Crippen LogP contribution >= 0.6 is 0 Å². The summed E-state index contributed by atoms with van der Waals surface area (Å²) in [6.07, 6.45) is 0. The van der Waals surface area contributed by atoms with Gasteiger partial charge in [0.25, 0.3) is 5.91 Å². The number of hydrogen-bond donors (Lipinski definition) is 2. The van der Waals surface area contributed by atoms with Gasteiger partial charge in [-0.2, -0.15) is 0 Å². The van der Waals surface area contributed by atoms with E-state index in [1.807, 2.05) is 25.1 Å². The Bertz CT molecular complexity index is 857. The van der Waals surface area contributed by atoms with Gasteiger partial charge in [-0.3, -0.25) is 9.52 Å². The Balaban J connectivity index is 2.20. The smallest absolute Gasteiger partial charge is 0.255 e. The van der Waals surface area contributed by atoms with Crippen molar-refractivity contribution in [2.45, 2.75) is 33.6 Å². The lowest BCUT2D eigenvalue weighted by Gasteiger charge is -2.16. The first-order valence-corrected chi connectivity index (χ1v) is 9.90. The molecule has 2 rings (SSSR count). The lowest BCUT2D eigenvalue weighted by molar-refractivity contribution is 0.102. The van der Waals surface area contributed by atoms with Gasteiger partial charge >= 0.3 is 0 Å². The second-order valence-corrected chi connectivity index (χ2v) is 8.24. The van der Waals surface area contributed by atoms with Gasteiger partial charge in [0.2, 0.25) is 10.0 Å². The monoisotopic (exact) mass is 360 g/mol. The molecule has 0 aliphatic rings. The molecule has 0 atom stereocenters. The first-order valence-electron chi connectivity index (χ1n) is 8.25. The standard InChI is InChI=1S/C19H24N2O3S/c1-5-25(23,24)21-16-11-9-15(10-12-16)19(22)20-18-14(4)7-6-8-17(18)13(2)3/h6-13,21H,5H2,1-4H3,(H,20,22). The molecule has 0 fully saturated rings. The van der Waals surface area contributed by atoms with Gasteiger partial charge in [0.05, 0.1) is 5.75 Å². The number of para-hydroxylation sites is 1. The van der Waals surface area contributed by atoms with Crippen LogP contribution in [0.1, 0.15) is 48.2 Å². The van der Waals surface area contributed by atoms with Gasteiger partial charge in [0, 0.05) is 16.9 Å². The molecule has 0 aliphatic carbocycles. The number of benzene rings is 2. The maximum atomic E-state index is 12.5. The van der Waals surface area contributed by atoms with Gasteiger partial charge in [-0.05, 0) is 55.2 Å². The average Bonchev–Trinajstić information content (AvgIpc) is 2.56. The van der Waals surface area contributed by atoms with Crippen molar-refractivity contribution in [3.05, 3.63) is 59.2 Å². The van der Waals surface area contributed by atoms with Gasteiger partial charge in [-0.15, -0.1) is 0 Å². The van der Waals surface area contributed by atoms with Crippen molar-refractivity contribution in [2.75, 3.05) is 15.8 Å². The fourth-order valence-corrected chi connectivity index (χ4v) is 3.11. The van der Waals surface area contributed by atoms with Crippen molar-refractivity contribution < 1.29 is 13.2 Å². The van der Waals surface area contributed by atoms with Crippen molar-refractivity contribution in [1.82, 2.24) is 0 Å². The fourth-order valence-electron chi connectivity index (χ4n) is 2.47. The van der Waals surface area contributed by atoms with E-state index in [4.69, 9.17) is 0 Å². The minimum atomic E-state index is -3.33. The number of nitrogens with one attached hydrogen (secondary N) is 2. The number of anilines is 2. The van der Waals surface area contributed by atoms with Crippen LogP contribution in [0.5, 0.6) is 0 Å². The molecule has 0 aliphatic heterocycles. The lowest BCUT2D eigenvalue weighted by Crippen LogP contribution is -2.16. The van der Waals surface area contributed by atoms with Crippen LogP contribution in [0.15, 0.2) is 42.5 Å². The molecule has 0 bridgehead atoms. The lowest BCUT2D eigenvalue weighted by atomic mass is 9.98. The molecule has 0 radical (unpaired) electrons. The van der Waals surface area contributed by atoms with E-state index in [0.29, 0.717) is 17.2 Å². The molecule has 6 heteroatoms. The molecule has 0 aromatic heterocycles. The molecule has 2 N–H and O–H groups in total. The summed E-state index contributed by atoms with van der Waals surface area (Å²) in [6, 6.07) is 12.3. The third kappa shape index (κ3) is 4.82. The van der Waals surface area contributed by atoms with Crippen LogP contribution in [0.3, 0.4) is 0 Å². The van der Waals surface area contributed by atoms with Crippen LogP contribution < -0.4 is 10.0 Å². The van der Waals surface area contributed by atoms with Gasteiger partial charge in [0.15, 0.2) is 0 Å². The normalized spacial score (nSPS) is 11.4. The third-order valence-electron chi connectivity index (χ3n) is 3.97. The summed E-state index contributed by atoms with van der Waals surface area (Å²) in [5.74, 6) is 0.0719. The molecule has 2 aromatic rings. The second kappa shape index (κ2) is 7.70. The van der Waals surface area contributed by atoms with Crippen LogP contribution in [-0.2, 0) is 10.0 Å². The van der Waals surface area contributed by atoms with E-state index in [1.54, 1.807) is 31.2 Å². The minimum absolute atomic E-state index is 0.000497. The summed E-state index contributed by atoms with van der Waals surface area (Å²) in [5, 5.41) is 2.98. The molecular formula is C19H24N2O3S. The van der Waals surface area contributed by atoms with E-state index in [-0.39, 0.29) is 11.7 Å². The average molecular weight is 360 g/mol. The Hall–Kier alpha value is -2.34. The number of carbonyl (C=O) groups is 1. The van der Waals surface area contributed by atoms with Gasteiger partial charge in [0.1, 0.15) is 0 Å². The molecule has 1 amide bonds. The van der Waals surface area contributed by atoms with E-state index < -0.39 is 10.0 Å². The zero-order valence-corrected chi connectivity index (χ0v) is 15.8. The Morgan fingerprint density at radius 3 is 2.28 bits per heavy atom. The highest BCUT2D eigenvalue weighted by Gasteiger charge is 2.14. The molecule has 25 heavy (non-hydrogen) atoms. The summed E-state index contributed by atoms with van der Waals surface area (Å²) in [5.41, 5.74) is 3.83. The van der Waals surface area contributed by atoms with Crippen molar-refractivity contribution >= 4 is 27.3 Å². The summed E-state index contributed by atoms with van der Waals surface area (Å²) in [7, 11) is -3.33. The van der Waals surface area contributed by atoms with Crippen molar-refractivity contribution in [1.29, 1.82) is 0 Å². The number of amides is 1. The zero-order valence-electron chi connectivity index (χ0n) is 15.0. The highest BCUT2D eigenvalue weighted by molar-refractivity contribution is 7.92. The summed E-state index contributed by atoms with van der Waals surface area (Å²) >= 11 is 0. The third-order valence-corrected chi connectivity index (χ3v) is 5.27. The molecular weight excluding hydrogens is 336 g/mol. The number of aryl methyl sites for hydroxylation is 1. The molecule has 0 unspecified atom stereocenters. The highest BCUT2D eigenvalue weighted by Crippen LogP contribution is 2.28. The van der Waals surface area contributed by atoms with Crippen LogP contribution in [0.25, 0.3) is 0 Å². The predicted molar refractivity (Wildman–Crippen MR) is 103 cm³/mol. The molecule has 0 heterocycles. The second-order valence-electron chi connectivity index (χ2n) is 6.23. The number of rotatable bonds is 6. The van der Waals surface area contributed by atoms with Crippen LogP contribution in [0, 0.1) is 6.92 Å². The van der Waals surface area contributed by atoms with Crippen LogP contribution in [0.2, 0.25) is 0 Å². The van der Waals surface area contributed by atoms with Crippen molar-refractivity contribution in [2.24, 2.45) is 0 Å². The van der Waals surface area contributed by atoms with E-state index in [2.05, 4.69) is 23.9 Å². The molecule has 0 spiro atoms. The predicted octanol–water partition coefficient (Wildman–Crippen LogP) is 4.13. The van der Waals surface area contributed by atoms with E-state index in [9.17, 15) is 13.2 Å². The SMILES string of the molecule is CCS(=O)(=O)Nc1ccc(C(=O)Nc2c(C)cccc2C(C)C)cc1. The van der Waals surface area contributed by atoms with Crippen molar-refractivity contribution in [3.8, 4) is 0 Å². The summed E-state index contributed by atoms with van der Waals surface area (Å²) in [6.45, 7) is 7.70. The van der Waals surface area contributed by atoms with Gasteiger partial charge in [-0.1, -0.05) is 32.0 Å². The summed E-state index contributed by atoms with van der Waals surface area (Å²) < 4.78 is 25.6. The number of sulfonamides is 1. The minimum Gasteiger partial charge on any atom is -0.321 e. The summed E-state index contributed by atoms with van der Waals surface area (Å²) in [4.78, 5) is 12.5. The largest absolute Gasteiger partial charge is 0.321 e.